The first-order valence-corrected chi connectivity index (χ1v) is 10.8. The number of rotatable bonds is 5. The van der Waals surface area contributed by atoms with Crippen molar-refractivity contribution in [1.82, 2.24) is 15.5 Å². The van der Waals surface area contributed by atoms with Crippen molar-refractivity contribution < 1.29 is 27.4 Å². The van der Waals surface area contributed by atoms with E-state index in [0.29, 0.717) is 56.6 Å². The van der Waals surface area contributed by atoms with Crippen molar-refractivity contribution in [3.8, 4) is 0 Å². The molecule has 1 aromatic heterocycles. The van der Waals surface area contributed by atoms with Crippen LogP contribution < -0.4 is 10.2 Å². The number of nitro benzene ring substituents is 1. The normalized spacial score (nSPS) is 19.0. The van der Waals surface area contributed by atoms with Gasteiger partial charge >= 0.3 is 6.18 Å². The maximum atomic E-state index is 13.1. The van der Waals surface area contributed by atoms with Crippen LogP contribution in [0.3, 0.4) is 0 Å². The molecule has 1 N–H and O–H groups in total. The first kappa shape index (κ1) is 23.0. The molecule has 2 heterocycles. The lowest BCUT2D eigenvalue weighted by atomic mass is 9.91. The minimum atomic E-state index is -4.66. The monoisotopic (exact) mass is 467 g/mol. The Hall–Kier alpha value is -3.18. The summed E-state index contributed by atoms with van der Waals surface area (Å²) in [5.41, 5.74) is -2.18. The molecule has 178 valence electrons. The molecule has 1 saturated heterocycles. The molecule has 0 spiro atoms. The van der Waals surface area contributed by atoms with Gasteiger partial charge in [-0.1, -0.05) is 18.0 Å². The van der Waals surface area contributed by atoms with E-state index in [1.165, 1.54) is 0 Å². The van der Waals surface area contributed by atoms with E-state index in [4.69, 9.17) is 4.52 Å². The van der Waals surface area contributed by atoms with E-state index in [1.807, 2.05) is 0 Å². The Morgan fingerprint density at radius 2 is 1.94 bits per heavy atom. The molecule has 1 aliphatic carbocycles. The summed E-state index contributed by atoms with van der Waals surface area (Å²) in [6.07, 6.45) is -0.519. The number of nitrogens with one attached hydrogen (secondary N) is 1. The van der Waals surface area contributed by atoms with Crippen LogP contribution >= 0.6 is 0 Å². The number of piperidine rings is 1. The Morgan fingerprint density at radius 3 is 2.48 bits per heavy atom. The molecular formula is C21H24F3N5O4. The van der Waals surface area contributed by atoms with E-state index in [-0.39, 0.29) is 17.5 Å². The van der Waals surface area contributed by atoms with Crippen molar-refractivity contribution in [2.75, 3.05) is 18.0 Å². The number of aryl methyl sites for hydroxylation is 1. The van der Waals surface area contributed by atoms with Crippen molar-refractivity contribution in [2.24, 2.45) is 5.92 Å². The number of benzene rings is 1. The number of carbonyl (C=O) groups excluding carboxylic acids is 1. The largest absolute Gasteiger partial charge is 0.416 e. The number of amides is 1. The van der Waals surface area contributed by atoms with Crippen LogP contribution in [-0.2, 0) is 16.5 Å². The average molecular weight is 467 g/mol. The predicted octanol–water partition coefficient (Wildman–Crippen LogP) is 4.11. The zero-order valence-corrected chi connectivity index (χ0v) is 18.0. The molecule has 1 saturated carbocycles. The molecular weight excluding hydrogens is 443 g/mol. The van der Waals surface area contributed by atoms with Crippen LogP contribution in [0.5, 0.6) is 0 Å². The van der Waals surface area contributed by atoms with E-state index >= 15 is 0 Å². The zero-order valence-electron chi connectivity index (χ0n) is 18.0. The number of aromatic nitrogens is 2. The highest BCUT2D eigenvalue weighted by Gasteiger charge is 2.43. The maximum absolute atomic E-state index is 13.1. The summed E-state index contributed by atoms with van der Waals surface area (Å²) in [5.74, 6) is 0.446. The van der Waals surface area contributed by atoms with Gasteiger partial charge in [-0.15, -0.1) is 0 Å². The third-order valence-corrected chi connectivity index (χ3v) is 6.48. The van der Waals surface area contributed by atoms with Gasteiger partial charge in [-0.25, -0.2) is 0 Å². The third-order valence-electron chi connectivity index (χ3n) is 6.48. The molecule has 2 fully saturated rings. The topological polar surface area (TPSA) is 114 Å². The lowest BCUT2D eigenvalue weighted by Gasteiger charge is -2.35. The molecule has 0 unspecified atom stereocenters. The van der Waals surface area contributed by atoms with Gasteiger partial charge in [-0.2, -0.15) is 18.2 Å². The Balaban J connectivity index is 1.45. The summed E-state index contributed by atoms with van der Waals surface area (Å²) in [4.78, 5) is 29.7. The summed E-state index contributed by atoms with van der Waals surface area (Å²) in [6.45, 7) is 2.33. The van der Waals surface area contributed by atoms with Gasteiger partial charge < -0.3 is 14.7 Å². The molecule has 1 amide bonds. The second kappa shape index (κ2) is 8.64. The van der Waals surface area contributed by atoms with Gasteiger partial charge in [0.1, 0.15) is 11.2 Å². The fourth-order valence-corrected chi connectivity index (χ4v) is 4.71. The van der Waals surface area contributed by atoms with Crippen LogP contribution in [0.1, 0.15) is 55.8 Å². The number of carbonyl (C=O) groups is 1. The molecule has 0 atom stereocenters. The molecule has 1 aliphatic heterocycles. The number of hydrogen-bond donors (Lipinski definition) is 1. The number of alkyl halides is 3. The smallest absolute Gasteiger partial charge is 0.366 e. The minimum Gasteiger partial charge on any atom is -0.366 e. The van der Waals surface area contributed by atoms with Crippen LogP contribution in [-0.4, -0.2) is 34.1 Å². The van der Waals surface area contributed by atoms with E-state index in [9.17, 15) is 28.1 Å². The Kier molecular flexibility index (Phi) is 6.02. The van der Waals surface area contributed by atoms with Crippen LogP contribution in [0.25, 0.3) is 0 Å². The van der Waals surface area contributed by atoms with Gasteiger partial charge in [0.05, 0.1) is 10.5 Å². The summed E-state index contributed by atoms with van der Waals surface area (Å²) in [7, 11) is 0. The number of anilines is 1. The fourth-order valence-electron chi connectivity index (χ4n) is 4.71. The lowest BCUT2D eigenvalue weighted by molar-refractivity contribution is -0.384. The van der Waals surface area contributed by atoms with Crippen LogP contribution in [0, 0.1) is 23.0 Å². The quantitative estimate of drug-likeness (QED) is 0.520. The fraction of sp³-hybridized carbons (Fsp3) is 0.571. The molecule has 4 rings (SSSR count). The van der Waals surface area contributed by atoms with Crippen LogP contribution in [0.4, 0.5) is 24.5 Å². The number of nitrogens with zero attached hydrogens (tertiary/aromatic N) is 4. The van der Waals surface area contributed by atoms with Crippen LogP contribution in [0.15, 0.2) is 22.7 Å². The average Bonchev–Trinajstić information content (AvgIpc) is 3.42. The summed E-state index contributed by atoms with van der Waals surface area (Å²) in [6, 6.07) is 2.54. The molecule has 33 heavy (non-hydrogen) atoms. The highest BCUT2D eigenvalue weighted by molar-refractivity contribution is 5.80. The highest BCUT2D eigenvalue weighted by atomic mass is 19.4. The lowest BCUT2D eigenvalue weighted by Crippen LogP contribution is -2.49. The Morgan fingerprint density at radius 1 is 1.27 bits per heavy atom. The second-order valence-electron chi connectivity index (χ2n) is 8.64. The molecule has 12 heteroatoms. The van der Waals surface area contributed by atoms with E-state index in [0.717, 1.165) is 25.0 Å². The SMILES string of the molecule is Cc1nc(C2(NC(=O)C3CCN(c4ccc(C(F)(F)F)cc4[N+](=O)[O-])CC3)CCCC2)no1. The Bertz CT molecular complexity index is 1040. The van der Waals surface area contributed by atoms with Gasteiger partial charge in [-0.05, 0) is 37.8 Å². The molecule has 1 aromatic carbocycles. The summed E-state index contributed by atoms with van der Waals surface area (Å²) in [5, 5.41) is 18.6. The van der Waals surface area contributed by atoms with Crippen molar-refractivity contribution in [2.45, 2.75) is 57.2 Å². The number of nitro groups is 1. The predicted molar refractivity (Wildman–Crippen MR) is 110 cm³/mol. The maximum Gasteiger partial charge on any atom is 0.416 e. The zero-order chi connectivity index (χ0) is 23.8. The summed E-state index contributed by atoms with van der Waals surface area (Å²) < 4.78 is 44.0. The number of hydrogen-bond acceptors (Lipinski definition) is 7. The standard InChI is InChI=1S/C21H24F3N5O4/c1-13-25-19(27-33-13)20(8-2-3-9-20)26-18(30)14-6-10-28(11-7-14)16-5-4-15(21(22,23)24)12-17(16)29(31)32/h4-5,12,14H,2-3,6-11H2,1H3,(H,26,30). The molecule has 0 radical (unpaired) electrons. The molecule has 9 nitrogen and oxygen atoms in total. The van der Waals surface area contributed by atoms with Gasteiger partial charge in [0, 0.05) is 32.0 Å². The van der Waals surface area contributed by atoms with E-state index < -0.39 is 27.9 Å². The molecule has 0 bridgehead atoms. The van der Waals surface area contributed by atoms with E-state index in [1.54, 1.807) is 11.8 Å². The van der Waals surface area contributed by atoms with Crippen LogP contribution in [0.2, 0.25) is 0 Å². The minimum absolute atomic E-state index is 0.126. The second-order valence-corrected chi connectivity index (χ2v) is 8.64. The highest BCUT2D eigenvalue weighted by Crippen LogP contribution is 2.39. The molecule has 2 aliphatic rings. The Labute approximate surface area is 187 Å². The first-order valence-electron chi connectivity index (χ1n) is 10.8. The van der Waals surface area contributed by atoms with E-state index in [2.05, 4.69) is 15.5 Å². The summed E-state index contributed by atoms with van der Waals surface area (Å²) >= 11 is 0. The van der Waals surface area contributed by atoms with Crippen molar-refractivity contribution in [1.29, 1.82) is 0 Å². The van der Waals surface area contributed by atoms with Gasteiger partial charge in [0.2, 0.25) is 11.8 Å². The number of halogens is 3. The first-order chi connectivity index (χ1) is 15.6. The van der Waals surface area contributed by atoms with Gasteiger partial charge in [0.15, 0.2) is 5.82 Å². The van der Waals surface area contributed by atoms with Gasteiger partial charge in [0.25, 0.3) is 5.69 Å². The van der Waals surface area contributed by atoms with Crippen molar-refractivity contribution >= 4 is 17.3 Å². The third kappa shape index (κ3) is 4.64. The van der Waals surface area contributed by atoms with Gasteiger partial charge in [-0.3, -0.25) is 14.9 Å². The van der Waals surface area contributed by atoms with Crippen molar-refractivity contribution in [3.05, 3.63) is 45.6 Å². The van der Waals surface area contributed by atoms with Crippen molar-refractivity contribution in [3.63, 3.8) is 0 Å². The molecule has 2 aromatic rings.